The van der Waals surface area contributed by atoms with Crippen molar-refractivity contribution in [2.75, 3.05) is 7.11 Å². The van der Waals surface area contributed by atoms with Crippen LogP contribution in [-0.4, -0.2) is 12.9 Å². The Bertz CT molecular complexity index is 608. The van der Waals surface area contributed by atoms with Crippen LogP contribution in [0.4, 0.5) is 4.39 Å². The molecule has 0 fully saturated rings. The summed E-state index contributed by atoms with van der Waals surface area (Å²) in [6, 6.07) is 11.5. The highest BCUT2D eigenvalue weighted by atomic mass is 35.5. The summed E-state index contributed by atoms with van der Waals surface area (Å²) in [5.74, 6) is -0.0177. The monoisotopic (exact) mass is 292 g/mol. The minimum atomic E-state index is -0.533. The summed E-state index contributed by atoms with van der Waals surface area (Å²) >= 11 is 5.78. The minimum Gasteiger partial charge on any atom is -0.497 e. The minimum absolute atomic E-state index is 0.0472. The predicted octanol–water partition coefficient (Wildman–Crippen LogP) is 4.30. The van der Waals surface area contributed by atoms with Crippen LogP contribution >= 0.6 is 11.6 Å². The van der Waals surface area contributed by atoms with E-state index in [0.717, 1.165) is 11.3 Å². The van der Waals surface area contributed by atoms with Crippen molar-refractivity contribution in [1.82, 2.24) is 0 Å². The topological polar surface area (TPSA) is 26.3 Å². The number of Topliss-reactive ketones (excluding diaryl/α,β-unsaturated/α-hetero) is 1. The van der Waals surface area contributed by atoms with Gasteiger partial charge in [0.15, 0.2) is 5.78 Å². The highest BCUT2D eigenvalue weighted by molar-refractivity contribution is 6.31. The summed E-state index contributed by atoms with van der Waals surface area (Å²) in [5, 5.41) is 0.360. The van der Waals surface area contributed by atoms with Gasteiger partial charge in [-0.05, 0) is 42.3 Å². The second-order valence-electron chi connectivity index (χ2n) is 4.40. The van der Waals surface area contributed by atoms with Gasteiger partial charge in [0.25, 0.3) is 0 Å². The Morgan fingerprint density at radius 3 is 2.55 bits per heavy atom. The maximum absolute atomic E-state index is 13.5. The summed E-state index contributed by atoms with van der Waals surface area (Å²) in [6.45, 7) is 0. The largest absolute Gasteiger partial charge is 0.497 e. The third-order valence-electron chi connectivity index (χ3n) is 3.03. The molecule has 0 aliphatic rings. The van der Waals surface area contributed by atoms with Crippen molar-refractivity contribution in [2.24, 2.45) is 0 Å². The van der Waals surface area contributed by atoms with E-state index in [1.165, 1.54) is 18.2 Å². The summed E-state index contributed by atoms with van der Waals surface area (Å²) in [7, 11) is 1.60. The fourth-order valence-electron chi connectivity index (χ4n) is 1.90. The molecule has 0 aliphatic heterocycles. The van der Waals surface area contributed by atoms with Crippen molar-refractivity contribution in [3.63, 3.8) is 0 Å². The number of carbonyl (C=O) groups excluding carboxylic acids is 1. The Hall–Kier alpha value is -1.87. The lowest BCUT2D eigenvalue weighted by Gasteiger charge is -2.05. The molecule has 4 heteroatoms. The van der Waals surface area contributed by atoms with Crippen LogP contribution < -0.4 is 4.74 Å². The number of benzene rings is 2. The number of hydrogen-bond acceptors (Lipinski definition) is 2. The van der Waals surface area contributed by atoms with Crippen LogP contribution in [0, 0.1) is 5.82 Å². The zero-order chi connectivity index (χ0) is 14.5. The van der Waals surface area contributed by atoms with Crippen LogP contribution in [0.5, 0.6) is 5.75 Å². The number of hydrogen-bond donors (Lipinski definition) is 0. The summed E-state index contributed by atoms with van der Waals surface area (Å²) in [4.78, 5) is 12.0. The first-order chi connectivity index (χ1) is 9.60. The molecule has 20 heavy (non-hydrogen) atoms. The van der Waals surface area contributed by atoms with Gasteiger partial charge in [-0.3, -0.25) is 4.79 Å². The first-order valence-corrected chi connectivity index (χ1v) is 6.59. The number of methoxy groups -OCH3 is 1. The first-order valence-electron chi connectivity index (χ1n) is 6.21. The Morgan fingerprint density at radius 2 is 1.90 bits per heavy atom. The molecular formula is C16H14ClFO2. The number of ether oxygens (including phenoxy) is 1. The molecule has 104 valence electrons. The second kappa shape index (κ2) is 6.53. The number of halogens is 2. The molecule has 2 aromatic rings. The average Bonchev–Trinajstić information content (AvgIpc) is 2.47. The average molecular weight is 293 g/mol. The molecule has 0 saturated heterocycles. The van der Waals surface area contributed by atoms with Gasteiger partial charge in [-0.25, -0.2) is 4.39 Å². The summed E-state index contributed by atoms with van der Waals surface area (Å²) in [6.07, 6.45) is 0.790. The molecule has 0 unspecified atom stereocenters. The fraction of sp³-hybridized carbons (Fsp3) is 0.188. The SMILES string of the molecule is COc1ccc(CCC(=O)c2cc(Cl)ccc2F)cc1. The van der Waals surface area contributed by atoms with Crippen molar-refractivity contribution in [2.45, 2.75) is 12.8 Å². The zero-order valence-corrected chi connectivity index (χ0v) is 11.8. The van der Waals surface area contributed by atoms with Gasteiger partial charge in [0.05, 0.1) is 12.7 Å². The van der Waals surface area contributed by atoms with Crippen LogP contribution in [0.25, 0.3) is 0 Å². The molecule has 0 aliphatic carbocycles. The third-order valence-corrected chi connectivity index (χ3v) is 3.26. The van der Waals surface area contributed by atoms with E-state index in [-0.39, 0.29) is 17.8 Å². The van der Waals surface area contributed by atoms with E-state index >= 15 is 0 Å². The Labute approximate surface area is 122 Å². The molecule has 0 amide bonds. The van der Waals surface area contributed by atoms with E-state index < -0.39 is 5.82 Å². The van der Waals surface area contributed by atoms with Gasteiger partial charge < -0.3 is 4.74 Å². The number of ketones is 1. The lowest BCUT2D eigenvalue weighted by molar-refractivity contribution is 0.0979. The van der Waals surface area contributed by atoms with Gasteiger partial charge in [-0.1, -0.05) is 23.7 Å². The van der Waals surface area contributed by atoms with E-state index in [2.05, 4.69) is 0 Å². The van der Waals surface area contributed by atoms with Crippen molar-refractivity contribution in [3.05, 3.63) is 64.4 Å². The van der Waals surface area contributed by atoms with E-state index in [1.807, 2.05) is 24.3 Å². The molecule has 0 radical (unpaired) electrons. The van der Waals surface area contributed by atoms with Crippen molar-refractivity contribution in [1.29, 1.82) is 0 Å². The van der Waals surface area contributed by atoms with Gasteiger partial charge in [-0.2, -0.15) is 0 Å². The van der Waals surface area contributed by atoms with Gasteiger partial charge >= 0.3 is 0 Å². The number of aryl methyl sites for hydroxylation is 1. The molecule has 0 heterocycles. The van der Waals surface area contributed by atoms with Crippen LogP contribution in [0.15, 0.2) is 42.5 Å². The second-order valence-corrected chi connectivity index (χ2v) is 4.83. The van der Waals surface area contributed by atoms with Crippen LogP contribution in [-0.2, 0) is 6.42 Å². The Kier molecular flexibility index (Phi) is 4.74. The van der Waals surface area contributed by atoms with E-state index in [4.69, 9.17) is 16.3 Å². The molecule has 2 aromatic carbocycles. The maximum atomic E-state index is 13.5. The molecule has 0 saturated carbocycles. The summed E-state index contributed by atoms with van der Waals surface area (Å²) < 4.78 is 18.6. The van der Waals surface area contributed by atoms with E-state index in [9.17, 15) is 9.18 Å². The Morgan fingerprint density at radius 1 is 1.20 bits per heavy atom. The highest BCUT2D eigenvalue weighted by Crippen LogP contribution is 2.18. The molecule has 0 N–H and O–H groups in total. The smallest absolute Gasteiger partial charge is 0.166 e. The van der Waals surface area contributed by atoms with Crippen LogP contribution in [0.2, 0.25) is 5.02 Å². The van der Waals surface area contributed by atoms with Gasteiger partial charge in [0, 0.05) is 11.4 Å². The lowest BCUT2D eigenvalue weighted by atomic mass is 10.0. The predicted molar refractivity (Wildman–Crippen MR) is 77.1 cm³/mol. The third kappa shape index (κ3) is 3.58. The molecule has 0 atom stereocenters. The normalized spacial score (nSPS) is 10.3. The van der Waals surface area contributed by atoms with Crippen LogP contribution in [0.1, 0.15) is 22.3 Å². The van der Waals surface area contributed by atoms with E-state index in [1.54, 1.807) is 7.11 Å². The first kappa shape index (κ1) is 14.5. The van der Waals surface area contributed by atoms with Crippen molar-refractivity contribution in [3.8, 4) is 5.75 Å². The number of rotatable bonds is 5. The molecule has 0 spiro atoms. The zero-order valence-electron chi connectivity index (χ0n) is 11.0. The lowest BCUT2D eigenvalue weighted by Crippen LogP contribution is -2.04. The fourth-order valence-corrected chi connectivity index (χ4v) is 2.07. The molecule has 0 aromatic heterocycles. The number of carbonyl (C=O) groups is 1. The van der Waals surface area contributed by atoms with Gasteiger partial charge in [0.1, 0.15) is 11.6 Å². The quantitative estimate of drug-likeness (QED) is 0.768. The Balaban J connectivity index is 2.02. The van der Waals surface area contributed by atoms with Crippen molar-refractivity contribution >= 4 is 17.4 Å². The molecule has 2 nitrogen and oxygen atoms in total. The molecular weight excluding hydrogens is 279 g/mol. The van der Waals surface area contributed by atoms with Gasteiger partial charge in [-0.15, -0.1) is 0 Å². The van der Waals surface area contributed by atoms with E-state index in [0.29, 0.717) is 11.4 Å². The van der Waals surface area contributed by atoms with Crippen molar-refractivity contribution < 1.29 is 13.9 Å². The molecule has 2 rings (SSSR count). The highest BCUT2D eigenvalue weighted by Gasteiger charge is 2.12. The maximum Gasteiger partial charge on any atom is 0.166 e. The standard InChI is InChI=1S/C16H14ClFO2/c1-20-13-6-2-11(3-7-13)4-9-16(19)14-10-12(17)5-8-15(14)18/h2-3,5-8,10H,4,9H2,1H3. The molecule has 0 bridgehead atoms. The van der Waals surface area contributed by atoms with Gasteiger partial charge in [0.2, 0.25) is 0 Å². The van der Waals surface area contributed by atoms with Crippen LogP contribution in [0.3, 0.4) is 0 Å². The summed E-state index contributed by atoms with van der Waals surface area (Å²) in [5.41, 5.74) is 1.05.